The Morgan fingerprint density at radius 2 is 1.87 bits per heavy atom. The van der Waals surface area contributed by atoms with E-state index in [2.05, 4.69) is 0 Å². The molecular weight excluding hydrogens is 190 g/mol. The number of hydrogen-bond donors (Lipinski definition) is 0. The Morgan fingerprint density at radius 1 is 1.27 bits per heavy atom. The molecule has 2 amide bonds. The molecule has 0 radical (unpaired) electrons. The van der Waals surface area contributed by atoms with Gasteiger partial charge in [-0.05, 0) is 26.0 Å². The minimum atomic E-state index is -0.371. The number of carbonyl (C=O) groups excluding carboxylic acids is 2. The molecule has 1 saturated heterocycles. The molecule has 0 atom stereocenters. The highest BCUT2D eigenvalue weighted by atomic mass is 16.2. The minimum Gasteiger partial charge on any atom is -0.277 e. The largest absolute Gasteiger partial charge is 0.277 e. The van der Waals surface area contributed by atoms with Crippen LogP contribution in [0.15, 0.2) is 30.3 Å². The molecule has 1 aromatic rings. The van der Waals surface area contributed by atoms with Gasteiger partial charge in [0.2, 0.25) is 5.91 Å². The third kappa shape index (κ3) is 1.54. The number of likely N-dealkylation sites (tertiary alicyclic amines) is 1. The number of amides is 2. The van der Waals surface area contributed by atoms with Gasteiger partial charge in [-0.3, -0.25) is 14.5 Å². The van der Waals surface area contributed by atoms with E-state index < -0.39 is 0 Å². The van der Waals surface area contributed by atoms with E-state index in [0.717, 1.165) is 0 Å². The molecule has 0 aliphatic carbocycles. The zero-order valence-electron chi connectivity index (χ0n) is 8.86. The van der Waals surface area contributed by atoms with Gasteiger partial charge in [0.15, 0.2) is 0 Å². The van der Waals surface area contributed by atoms with Crippen LogP contribution in [0.25, 0.3) is 0 Å². The number of imide groups is 1. The number of β-lactam (4-membered cyclic amide) rings is 1. The van der Waals surface area contributed by atoms with Crippen LogP contribution in [0.4, 0.5) is 0 Å². The molecule has 0 bridgehead atoms. The summed E-state index contributed by atoms with van der Waals surface area (Å²) in [4.78, 5) is 24.7. The first-order valence-corrected chi connectivity index (χ1v) is 4.94. The van der Waals surface area contributed by atoms with Crippen molar-refractivity contribution in [3.63, 3.8) is 0 Å². The SMILES string of the molecule is CC1(C)CN(C(=O)c2ccccc2)C1=O. The van der Waals surface area contributed by atoms with Crippen molar-refractivity contribution in [2.24, 2.45) is 5.41 Å². The normalized spacial score (nSPS) is 18.5. The third-order valence-corrected chi connectivity index (χ3v) is 2.64. The average molecular weight is 203 g/mol. The molecular formula is C12H13NO2. The van der Waals surface area contributed by atoms with Crippen molar-refractivity contribution >= 4 is 11.8 Å². The molecule has 1 fully saturated rings. The maximum absolute atomic E-state index is 11.8. The van der Waals surface area contributed by atoms with Crippen molar-refractivity contribution < 1.29 is 9.59 Å². The van der Waals surface area contributed by atoms with Gasteiger partial charge in [-0.1, -0.05) is 18.2 Å². The van der Waals surface area contributed by atoms with Crippen LogP contribution in [0, 0.1) is 5.41 Å². The lowest BCUT2D eigenvalue weighted by atomic mass is 9.83. The Labute approximate surface area is 88.7 Å². The van der Waals surface area contributed by atoms with Crippen molar-refractivity contribution in [1.82, 2.24) is 4.90 Å². The van der Waals surface area contributed by atoms with Crippen LogP contribution in [-0.4, -0.2) is 23.3 Å². The van der Waals surface area contributed by atoms with Crippen LogP contribution in [0.2, 0.25) is 0 Å². The Balaban J connectivity index is 2.16. The highest BCUT2D eigenvalue weighted by molar-refractivity contribution is 6.09. The Kier molecular flexibility index (Phi) is 2.11. The topological polar surface area (TPSA) is 37.4 Å². The van der Waals surface area contributed by atoms with Gasteiger partial charge in [0.05, 0.1) is 5.41 Å². The summed E-state index contributed by atoms with van der Waals surface area (Å²) in [7, 11) is 0. The first-order valence-electron chi connectivity index (χ1n) is 4.94. The summed E-state index contributed by atoms with van der Waals surface area (Å²) >= 11 is 0. The molecule has 0 N–H and O–H groups in total. The first-order chi connectivity index (χ1) is 7.02. The quantitative estimate of drug-likeness (QED) is 0.514. The van der Waals surface area contributed by atoms with Gasteiger partial charge in [-0.15, -0.1) is 0 Å². The van der Waals surface area contributed by atoms with Gasteiger partial charge in [-0.2, -0.15) is 0 Å². The number of carbonyl (C=O) groups is 2. The molecule has 3 nitrogen and oxygen atoms in total. The molecule has 3 heteroatoms. The lowest BCUT2D eigenvalue weighted by Gasteiger charge is -2.42. The zero-order valence-corrected chi connectivity index (χ0v) is 8.86. The van der Waals surface area contributed by atoms with Crippen molar-refractivity contribution in [3.8, 4) is 0 Å². The third-order valence-electron chi connectivity index (χ3n) is 2.64. The Morgan fingerprint density at radius 3 is 2.33 bits per heavy atom. The van der Waals surface area contributed by atoms with Gasteiger partial charge in [0, 0.05) is 12.1 Å². The lowest BCUT2D eigenvalue weighted by Crippen LogP contribution is -2.60. The summed E-state index contributed by atoms with van der Waals surface area (Å²) in [5, 5.41) is 0. The summed E-state index contributed by atoms with van der Waals surface area (Å²) in [6, 6.07) is 8.88. The maximum atomic E-state index is 11.8. The van der Waals surface area contributed by atoms with E-state index in [-0.39, 0.29) is 17.2 Å². The van der Waals surface area contributed by atoms with E-state index >= 15 is 0 Å². The second-order valence-electron chi connectivity index (χ2n) is 4.45. The molecule has 1 aromatic carbocycles. The molecule has 15 heavy (non-hydrogen) atoms. The summed E-state index contributed by atoms with van der Waals surface area (Å²) in [5.41, 5.74) is 0.200. The number of hydrogen-bond acceptors (Lipinski definition) is 2. The van der Waals surface area contributed by atoms with E-state index in [4.69, 9.17) is 0 Å². The fourth-order valence-electron chi connectivity index (χ4n) is 1.71. The summed E-state index contributed by atoms with van der Waals surface area (Å²) in [6.45, 7) is 4.22. The average Bonchev–Trinajstić information content (AvgIpc) is 2.26. The maximum Gasteiger partial charge on any atom is 0.260 e. The summed E-state index contributed by atoms with van der Waals surface area (Å²) in [6.07, 6.45) is 0. The molecule has 1 aliphatic heterocycles. The molecule has 1 aliphatic rings. The molecule has 0 saturated carbocycles. The van der Waals surface area contributed by atoms with Crippen LogP contribution in [-0.2, 0) is 4.79 Å². The molecule has 0 unspecified atom stereocenters. The monoisotopic (exact) mass is 203 g/mol. The molecule has 1 heterocycles. The molecule has 0 aromatic heterocycles. The number of rotatable bonds is 1. The Hall–Kier alpha value is -1.64. The standard InChI is InChI=1S/C12H13NO2/c1-12(2)8-13(11(12)15)10(14)9-6-4-3-5-7-9/h3-7H,8H2,1-2H3. The first kappa shape index (κ1) is 9.90. The van der Waals surface area contributed by atoms with Gasteiger partial charge in [-0.25, -0.2) is 0 Å². The van der Waals surface area contributed by atoms with E-state index in [1.54, 1.807) is 24.3 Å². The van der Waals surface area contributed by atoms with Crippen LogP contribution < -0.4 is 0 Å². The van der Waals surface area contributed by atoms with Crippen molar-refractivity contribution in [2.75, 3.05) is 6.54 Å². The fraction of sp³-hybridized carbons (Fsp3) is 0.333. The zero-order chi connectivity index (χ0) is 11.1. The van der Waals surface area contributed by atoms with Crippen LogP contribution in [0.5, 0.6) is 0 Å². The number of nitrogens with zero attached hydrogens (tertiary/aromatic N) is 1. The second kappa shape index (κ2) is 3.19. The molecule has 78 valence electrons. The smallest absolute Gasteiger partial charge is 0.260 e. The van der Waals surface area contributed by atoms with E-state index in [9.17, 15) is 9.59 Å². The van der Waals surface area contributed by atoms with E-state index in [1.807, 2.05) is 19.9 Å². The summed E-state index contributed by atoms with van der Waals surface area (Å²) in [5.74, 6) is -0.281. The van der Waals surface area contributed by atoms with Gasteiger partial charge in [0.1, 0.15) is 0 Å². The Bertz CT molecular complexity index is 409. The van der Waals surface area contributed by atoms with Gasteiger partial charge >= 0.3 is 0 Å². The minimum absolute atomic E-state index is 0.0867. The van der Waals surface area contributed by atoms with Gasteiger partial charge in [0.25, 0.3) is 5.91 Å². The second-order valence-corrected chi connectivity index (χ2v) is 4.45. The summed E-state index contributed by atoms with van der Waals surface area (Å²) < 4.78 is 0. The lowest BCUT2D eigenvalue weighted by molar-refractivity contribution is -0.151. The molecule has 0 spiro atoms. The molecule has 2 rings (SSSR count). The van der Waals surface area contributed by atoms with Crippen LogP contribution >= 0.6 is 0 Å². The fourth-order valence-corrected chi connectivity index (χ4v) is 1.71. The van der Waals surface area contributed by atoms with Gasteiger partial charge < -0.3 is 0 Å². The van der Waals surface area contributed by atoms with E-state index in [1.165, 1.54) is 4.90 Å². The predicted molar refractivity (Wildman–Crippen MR) is 56.3 cm³/mol. The van der Waals surface area contributed by atoms with Crippen LogP contribution in [0.3, 0.4) is 0 Å². The highest BCUT2D eigenvalue weighted by Gasteiger charge is 2.47. The van der Waals surface area contributed by atoms with E-state index in [0.29, 0.717) is 12.1 Å². The van der Waals surface area contributed by atoms with Crippen LogP contribution in [0.1, 0.15) is 24.2 Å². The van der Waals surface area contributed by atoms with Crippen molar-refractivity contribution in [3.05, 3.63) is 35.9 Å². The number of benzene rings is 1. The highest BCUT2D eigenvalue weighted by Crippen LogP contribution is 2.31. The predicted octanol–water partition coefficient (Wildman–Crippen LogP) is 1.70. The van der Waals surface area contributed by atoms with Crippen molar-refractivity contribution in [2.45, 2.75) is 13.8 Å². The van der Waals surface area contributed by atoms with Crippen molar-refractivity contribution in [1.29, 1.82) is 0 Å².